The Morgan fingerprint density at radius 2 is 2.13 bits per heavy atom. The van der Waals surface area contributed by atoms with Crippen LogP contribution in [0.3, 0.4) is 0 Å². The lowest BCUT2D eigenvalue weighted by Crippen LogP contribution is -2.28. The van der Waals surface area contributed by atoms with Crippen molar-refractivity contribution in [3.63, 3.8) is 0 Å². The maximum atomic E-state index is 6.12. The summed E-state index contributed by atoms with van der Waals surface area (Å²) in [6.45, 7) is 6.46. The molecule has 1 aromatic rings. The predicted molar refractivity (Wildman–Crippen MR) is 61.9 cm³/mol. The van der Waals surface area contributed by atoms with E-state index in [9.17, 15) is 0 Å². The first-order valence-electron chi connectivity index (χ1n) is 5.95. The van der Waals surface area contributed by atoms with E-state index in [1.54, 1.807) is 0 Å². The molecule has 2 rings (SSSR count). The monoisotopic (exact) mass is 207 g/mol. The zero-order valence-corrected chi connectivity index (χ0v) is 9.95. The molecule has 3 heteroatoms. The molecule has 0 aromatic carbocycles. The highest BCUT2D eigenvalue weighted by Gasteiger charge is 2.28. The van der Waals surface area contributed by atoms with E-state index in [0.29, 0.717) is 12.1 Å². The molecule has 0 radical (unpaired) electrons. The highest BCUT2D eigenvalue weighted by Crippen LogP contribution is 2.30. The molecule has 2 unspecified atom stereocenters. The van der Waals surface area contributed by atoms with Gasteiger partial charge in [0.15, 0.2) is 0 Å². The van der Waals surface area contributed by atoms with Crippen LogP contribution >= 0.6 is 0 Å². The number of aromatic nitrogens is 2. The molecule has 1 aromatic heterocycles. The van der Waals surface area contributed by atoms with Crippen molar-refractivity contribution in [1.82, 2.24) is 9.78 Å². The summed E-state index contributed by atoms with van der Waals surface area (Å²) in [5.74, 6) is 0. The Morgan fingerprint density at radius 3 is 2.60 bits per heavy atom. The fraction of sp³-hybridized carbons (Fsp3) is 0.750. The van der Waals surface area contributed by atoms with Crippen LogP contribution in [0.5, 0.6) is 0 Å². The molecule has 1 aliphatic carbocycles. The number of hydrogen-bond acceptors (Lipinski definition) is 2. The Morgan fingerprint density at radius 1 is 1.40 bits per heavy atom. The van der Waals surface area contributed by atoms with E-state index in [4.69, 9.17) is 5.73 Å². The quantitative estimate of drug-likeness (QED) is 0.807. The molecule has 0 bridgehead atoms. The molecular formula is C12H21N3. The summed E-state index contributed by atoms with van der Waals surface area (Å²) in [5, 5.41) is 4.65. The zero-order chi connectivity index (χ0) is 11.0. The van der Waals surface area contributed by atoms with Crippen LogP contribution in [0.4, 0.5) is 0 Å². The Kier molecular flexibility index (Phi) is 2.83. The lowest BCUT2D eigenvalue weighted by Gasteiger charge is -2.17. The molecule has 0 amide bonds. The summed E-state index contributed by atoms with van der Waals surface area (Å²) in [4.78, 5) is 0. The fourth-order valence-corrected chi connectivity index (χ4v) is 2.80. The normalized spacial score (nSPS) is 26.1. The molecule has 2 atom stereocenters. The molecule has 84 valence electrons. The van der Waals surface area contributed by atoms with Gasteiger partial charge in [-0.2, -0.15) is 5.10 Å². The molecule has 0 saturated heterocycles. The third kappa shape index (κ3) is 1.69. The van der Waals surface area contributed by atoms with E-state index in [1.807, 2.05) is 0 Å². The molecule has 1 fully saturated rings. The molecule has 2 N–H and O–H groups in total. The van der Waals surface area contributed by atoms with Crippen LogP contribution in [0, 0.1) is 13.8 Å². The molecule has 1 saturated carbocycles. The molecular weight excluding hydrogens is 186 g/mol. The predicted octanol–water partition coefficient (Wildman–Crippen LogP) is 2.11. The maximum absolute atomic E-state index is 6.12. The van der Waals surface area contributed by atoms with Crippen molar-refractivity contribution in [3.8, 4) is 0 Å². The van der Waals surface area contributed by atoms with Crippen molar-refractivity contribution in [2.45, 2.75) is 58.5 Å². The highest BCUT2D eigenvalue weighted by atomic mass is 15.3. The zero-order valence-electron chi connectivity index (χ0n) is 9.95. The number of aryl methyl sites for hydroxylation is 1. The van der Waals surface area contributed by atoms with Gasteiger partial charge in [0.2, 0.25) is 0 Å². The van der Waals surface area contributed by atoms with E-state index in [2.05, 4.69) is 30.6 Å². The topological polar surface area (TPSA) is 43.8 Å². The van der Waals surface area contributed by atoms with Crippen molar-refractivity contribution in [3.05, 3.63) is 17.0 Å². The second kappa shape index (κ2) is 3.97. The minimum Gasteiger partial charge on any atom is -0.326 e. The van der Waals surface area contributed by atoms with Gasteiger partial charge in [-0.15, -0.1) is 0 Å². The average molecular weight is 207 g/mol. The number of nitrogens with two attached hydrogens (primary N) is 1. The largest absolute Gasteiger partial charge is 0.326 e. The Balaban J connectivity index is 2.36. The van der Waals surface area contributed by atoms with Crippen molar-refractivity contribution < 1.29 is 0 Å². The molecule has 3 nitrogen and oxygen atoms in total. The third-order valence-electron chi connectivity index (χ3n) is 3.67. The van der Waals surface area contributed by atoms with Crippen molar-refractivity contribution >= 4 is 0 Å². The van der Waals surface area contributed by atoms with Gasteiger partial charge in [0.25, 0.3) is 0 Å². The summed E-state index contributed by atoms with van der Waals surface area (Å²) in [6.07, 6.45) is 4.64. The Bertz CT molecular complexity index is 354. The van der Waals surface area contributed by atoms with Gasteiger partial charge in [-0.3, -0.25) is 4.68 Å². The molecule has 0 aliphatic heterocycles. The summed E-state index contributed by atoms with van der Waals surface area (Å²) >= 11 is 0. The lowest BCUT2D eigenvalue weighted by atomic mass is 10.1. The van der Waals surface area contributed by atoms with Crippen molar-refractivity contribution in [1.29, 1.82) is 0 Å². The van der Waals surface area contributed by atoms with Gasteiger partial charge in [-0.05, 0) is 45.1 Å². The van der Waals surface area contributed by atoms with Crippen LogP contribution in [-0.2, 0) is 6.42 Å². The second-order valence-corrected chi connectivity index (χ2v) is 4.61. The van der Waals surface area contributed by atoms with Gasteiger partial charge in [0, 0.05) is 11.7 Å². The molecule has 15 heavy (non-hydrogen) atoms. The van der Waals surface area contributed by atoms with Crippen LogP contribution in [0.2, 0.25) is 0 Å². The fourth-order valence-electron chi connectivity index (χ4n) is 2.80. The first kappa shape index (κ1) is 10.7. The maximum Gasteiger partial charge on any atom is 0.0673 e. The van der Waals surface area contributed by atoms with E-state index < -0.39 is 0 Å². The summed E-state index contributed by atoms with van der Waals surface area (Å²) < 4.78 is 2.17. The van der Waals surface area contributed by atoms with Gasteiger partial charge in [0.05, 0.1) is 11.7 Å². The highest BCUT2D eigenvalue weighted by molar-refractivity contribution is 5.25. The van der Waals surface area contributed by atoms with Gasteiger partial charge >= 0.3 is 0 Å². The number of nitrogens with zero attached hydrogens (tertiary/aromatic N) is 2. The van der Waals surface area contributed by atoms with Crippen LogP contribution in [0.15, 0.2) is 0 Å². The first-order chi connectivity index (χ1) is 7.15. The molecule has 1 heterocycles. The number of rotatable bonds is 2. The summed E-state index contributed by atoms with van der Waals surface area (Å²) in [7, 11) is 0. The van der Waals surface area contributed by atoms with Crippen LogP contribution in [0.1, 0.15) is 49.2 Å². The van der Waals surface area contributed by atoms with Crippen molar-refractivity contribution in [2.75, 3.05) is 0 Å². The van der Waals surface area contributed by atoms with Gasteiger partial charge in [-0.1, -0.05) is 6.92 Å². The van der Waals surface area contributed by atoms with Crippen LogP contribution in [0.25, 0.3) is 0 Å². The van der Waals surface area contributed by atoms with E-state index in [-0.39, 0.29) is 0 Å². The standard InChI is InChI=1S/C12H21N3/c1-4-10-8(2)14-15(9(10)3)12-7-5-6-11(12)13/h11-12H,4-7,13H2,1-3H3. The van der Waals surface area contributed by atoms with E-state index in [1.165, 1.54) is 29.8 Å². The second-order valence-electron chi connectivity index (χ2n) is 4.61. The van der Waals surface area contributed by atoms with Gasteiger partial charge < -0.3 is 5.73 Å². The number of hydrogen-bond donors (Lipinski definition) is 1. The third-order valence-corrected chi connectivity index (χ3v) is 3.67. The first-order valence-corrected chi connectivity index (χ1v) is 5.95. The van der Waals surface area contributed by atoms with Crippen molar-refractivity contribution in [2.24, 2.45) is 5.73 Å². The van der Waals surface area contributed by atoms with E-state index >= 15 is 0 Å². The smallest absolute Gasteiger partial charge is 0.0673 e. The lowest BCUT2D eigenvalue weighted by molar-refractivity contribution is 0.412. The van der Waals surface area contributed by atoms with Gasteiger partial charge in [-0.25, -0.2) is 0 Å². The van der Waals surface area contributed by atoms with E-state index in [0.717, 1.165) is 12.8 Å². The Labute approximate surface area is 91.7 Å². The summed E-state index contributed by atoms with van der Waals surface area (Å²) in [5.41, 5.74) is 10.0. The SMILES string of the molecule is CCc1c(C)nn(C2CCCC2N)c1C. The molecule has 1 aliphatic rings. The van der Waals surface area contributed by atoms with Crippen LogP contribution in [-0.4, -0.2) is 15.8 Å². The minimum atomic E-state index is 0.299. The minimum absolute atomic E-state index is 0.299. The van der Waals surface area contributed by atoms with Crippen LogP contribution < -0.4 is 5.73 Å². The molecule has 0 spiro atoms. The average Bonchev–Trinajstić information content (AvgIpc) is 2.71. The summed E-state index contributed by atoms with van der Waals surface area (Å²) in [6, 6.07) is 0.733. The van der Waals surface area contributed by atoms with Gasteiger partial charge in [0.1, 0.15) is 0 Å². The Hall–Kier alpha value is -0.830.